The maximum absolute atomic E-state index is 14.0. The topological polar surface area (TPSA) is 105 Å². The van der Waals surface area contributed by atoms with Gasteiger partial charge in [0.25, 0.3) is 11.5 Å². The van der Waals surface area contributed by atoms with Crippen molar-refractivity contribution in [3.05, 3.63) is 68.9 Å². The van der Waals surface area contributed by atoms with Crippen molar-refractivity contribution in [3.63, 3.8) is 0 Å². The van der Waals surface area contributed by atoms with Gasteiger partial charge in [0.2, 0.25) is 0 Å². The number of aromatic nitrogens is 4. The van der Waals surface area contributed by atoms with Gasteiger partial charge in [0, 0.05) is 37.1 Å². The summed E-state index contributed by atoms with van der Waals surface area (Å²) < 4.78 is 17.1. The lowest BCUT2D eigenvalue weighted by Gasteiger charge is -2.44. The molecular weight excluding hydrogens is 522 g/mol. The van der Waals surface area contributed by atoms with E-state index in [-0.39, 0.29) is 43.3 Å². The molecule has 1 saturated heterocycles. The van der Waals surface area contributed by atoms with Crippen LogP contribution in [0.4, 0.5) is 4.39 Å². The molecule has 0 spiro atoms. The zero-order chi connectivity index (χ0) is 26.5. The molecule has 0 saturated carbocycles. The third-order valence-corrected chi connectivity index (χ3v) is 7.09. The van der Waals surface area contributed by atoms with E-state index in [4.69, 9.17) is 23.2 Å². The number of amides is 1. The molecule has 1 amide bonds. The molecule has 4 heterocycles. The number of aliphatic hydroxyl groups is 1. The Morgan fingerprint density at radius 2 is 2.00 bits per heavy atom. The van der Waals surface area contributed by atoms with Gasteiger partial charge in [-0.3, -0.25) is 19.1 Å². The van der Waals surface area contributed by atoms with Crippen LogP contribution in [0, 0.1) is 0 Å². The van der Waals surface area contributed by atoms with E-state index in [0.29, 0.717) is 27.3 Å². The molecule has 1 unspecified atom stereocenters. The standard InChI is InChI=1S/C25H25Cl2FN6O3/c1-25(28)12-33(13-25)20(35)11-34-22-16(21-18(10-29-22)31-19(8-26)32(21)2)7-17(24(34)37)23(36)30-9-14-3-5-15(27)6-4-14/h3-7,10,20,35H,8-9,11-13H2,1-2H3,(H,30,36). The number of halogens is 3. The molecule has 5 rings (SSSR count). The second kappa shape index (κ2) is 9.68. The molecule has 3 aromatic heterocycles. The molecule has 1 fully saturated rings. The number of hydrogen-bond donors (Lipinski definition) is 2. The minimum Gasteiger partial charge on any atom is -0.376 e. The monoisotopic (exact) mass is 546 g/mol. The first-order valence-electron chi connectivity index (χ1n) is 11.7. The number of rotatable bonds is 7. The van der Waals surface area contributed by atoms with E-state index in [1.54, 1.807) is 35.9 Å². The van der Waals surface area contributed by atoms with Crippen LogP contribution < -0.4 is 10.9 Å². The molecule has 1 aliphatic heterocycles. The third kappa shape index (κ3) is 4.82. The Bertz CT molecular complexity index is 1560. The Morgan fingerprint density at radius 3 is 2.65 bits per heavy atom. The molecule has 0 radical (unpaired) electrons. The second-order valence-corrected chi connectivity index (χ2v) is 10.2. The fourth-order valence-corrected chi connectivity index (χ4v) is 5.06. The van der Waals surface area contributed by atoms with Crippen molar-refractivity contribution in [1.82, 2.24) is 29.3 Å². The Labute approximate surface area is 221 Å². The van der Waals surface area contributed by atoms with Crippen molar-refractivity contribution in [1.29, 1.82) is 0 Å². The molecule has 1 aromatic carbocycles. The second-order valence-electron chi connectivity index (χ2n) is 9.53. The molecule has 2 N–H and O–H groups in total. The molecule has 12 heteroatoms. The number of pyridine rings is 2. The van der Waals surface area contributed by atoms with Gasteiger partial charge in [-0.2, -0.15) is 0 Å². The predicted octanol–water partition coefficient (Wildman–Crippen LogP) is 2.97. The highest BCUT2D eigenvalue weighted by Crippen LogP contribution is 2.28. The van der Waals surface area contributed by atoms with Crippen molar-refractivity contribution in [2.75, 3.05) is 13.1 Å². The molecule has 1 atom stereocenters. The van der Waals surface area contributed by atoms with Crippen LogP contribution in [-0.4, -0.2) is 60.0 Å². The maximum Gasteiger partial charge on any atom is 0.265 e. The number of likely N-dealkylation sites (tertiary alicyclic amines) is 1. The van der Waals surface area contributed by atoms with Crippen LogP contribution in [0.1, 0.15) is 28.7 Å². The van der Waals surface area contributed by atoms with E-state index in [0.717, 1.165) is 5.56 Å². The number of aryl methyl sites for hydroxylation is 1. The normalized spacial score (nSPS) is 16.2. The molecular formula is C25H25Cl2FN6O3. The van der Waals surface area contributed by atoms with E-state index in [9.17, 15) is 19.1 Å². The summed E-state index contributed by atoms with van der Waals surface area (Å²) in [5, 5.41) is 14.6. The smallest absolute Gasteiger partial charge is 0.265 e. The first-order chi connectivity index (χ1) is 17.6. The first kappa shape index (κ1) is 25.6. The Hall–Kier alpha value is -3.05. The van der Waals surface area contributed by atoms with E-state index in [1.165, 1.54) is 28.7 Å². The summed E-state index contributed by atoms with van der Waals surface area (Å²) in [6.07, 6.45) is 0.387. The number of hydrogen-bond acceptors (Lipinski definition) is 6. The van der Waals surface area contributed by atoms with Gasteiger partial charge in [-0.1, -0.05) is 23.7 Å². The first-order valence-corrected chi connectivity index (χ1v) is 12.6. The fraction of sp³-hybridized carbons (Fsp3) is 0.360. The van der Waals surface area contributed by atoms with Crippen molar-refractivity contribution >= 4 is 51.2 Å². The van der Waals surface area contributed by atoms with Crippen LogP contribution in [0.25, 0.3) is 22.1 Å². The average Bonchev–Trinajstić information content (AvgIpc) is 3.19. The number of nitrogens with zero attached hydrogens (tertiary/aromatic N) is 5. The molecule has 0 aliphatic carbocycles. The molecule has 9 nitrogen and oxygen atoms in total. The zero-order valence-corrected chi connectivity index (χ0v) is 21.7. The third-order valence-electron chi connectivity index (χ3n) is 6.60. The van der Waals surface area contributed by atoms with Gasteiger partial charge < -0.3 is 15.0 Å². The number of fused-ring (bicyclic) bond motifs is 3. The highest BCUT2D eigenvalue weighted by Gasteiger charge is 2.42. The lowest BCUT2D eigenvalue weighted by atomic mass is 9.99. The predicted molar refractivity (Wildman–Crippen MR) is 140 cm³/mol. The van der Waals surface area contributed by atoms with Crippen molar-refractivity contribution in [3.8, 4) is 0 Å². The summed E-state index contributed by atoms with van der Waals surface area (Å²) in [6, 6.07) is 8.48. The highest BCUT2D eigenvalue weighted by molar-refractivity contribution is 6.30. The van der Waals surface area contributed by atoms with Gasteiger partial charge in [-0.15, -0.1) is 11.6 Å². The van der Waals surface area contributed by atoms with Crippen LogP contribution in [-0.2, 0) is 26.0 Å². The SMILES string of the molecule is Cn1c(CCl)nc2cnc3c(cc(C(=O)NCc4ccc(Cl)cc4)c(=O)n3CC(O)N3CC(C)(F)C3)c21. The Morgan fingerprint density at radius 1 is 1.30 bits per heavy atom. The summed E-state index contributed by atoms with van der Waals surface area (Å²) in [6.45, 7) is 1.53. The minimum atomic E-state index is -1.39. The van der Waals surface area contributed by atoms with Crippen LogP contribution in [0.3, 0.4) is 0 Å². The van der Waals surface area contributed by atoms with Crippen LogP contribution in [0.15, 0.2) is 41.3 Å². The van der Waals surface area contributed by atoms with E-state index < -0.39 is 23.4 Å². The number of imidazole rings is 1. The summed E-state index contributed by atoms with van der Waals surface area (Å²) >= 11 is 12.0. The Balaban J connectivity index is 1.58. The van der Waals surface area contributed by atoms with Gasteiger partial charge >= 0.3 is 0 Å². The lowest BCUT2D eigenvalue weighted by molar-refractivity contribution is -0.120. The average molecular weight is 547 g/mol. The van der Waals surface area contributed by atoms with Gasteiger partial charge in [0.15, 0.2) is 0 Å². The maximum atomic E-state index is 14.0. The van der Waals surface area contributed by atoms with E-state index >= 15 is 0 Å². The summed E-state index contributed by atoms with van der Waals surface area (Å²) in [4.78, 5) is 37.2. The van der Waals surface area contributed by atoms with Gasteiger partial charge in [0.1, 0.15) is 34.4 Å². The number of carbonyl (C=O) groups excluding carboxylic acids is 1. The largest absolute Gasteiger partial charge is 0.376 e. The lowest BCUT2D eigenvalue weighted by Crippen LogP contribution is -2.61. The number of aliphatic hydroxyl groups excluding tert-OH is 1. The highest BCUT2D eigenvalue weighted by atomic mass is 35.5. The van der Waals surface area contributed by atoms with Gasteiger partial charge in [0.05, 0.1) is 24.1 Å². The van der Waals surface area contributed by atoms with E-state index in [1.807, 2.05) is 0 Å². The van der Waals surface area contributed by atoms with Crippen LogP contribution in [0.5, 0.6) is 0 Å². The molecule has 1 aliphatic rings. The summed E-state index contributed by atoms with van der Waals surface area (Å²) in [5.41, 5.74) is 0.165. The molecule has 37 heavy (non-hydrogen) atoms. The molecule has 4 aromatic rings. The van der Waals surface area contributed by atoms with Crippen molar-refractivity contribution < 1.29 is 14.3 Å². The number of nitrogens with one attached hydrogen (secondary N) is 1. The number of benzene rings is 1. The zero-order valence-electron chi connectivity index (χ0n) is 20.2. The van der Waals surface area contributed by atoms with E-state index in [2.05, 4.69) is 15.3 Å². The van der Waals surface area contributed by atoms with Gasteiger partial charge in [-0.05, 0) is 30.7 Å². The van der Waals surface area contributed by atoms with Crippen LogP contribution in [0.2, 0.25) is 5.02 Å². The summed E-state index contributed by atoms with van der Waals surface area (Å²) in [5.74, 6) is 0.179. The van der Waals surface area contributed by atoms with Crippen molar-refractivity contribution in [2.24, 2.45) is 7.05 Å². The number of alkyl halides is 2. The summed E-state index contributed by atoms with van der Waals surface area (Å²) in [7, 11) is 1.79. The molecule has 0 bridgehead atoms. The van der Waals surface area contributed by atoms with Gasteiger partial charge in [-0.25, -0.2) is 14.4 Å². The minimum absolute atomic E-state index is 0.0423. The van der Waals surface area contributed by atoms with Crippen molar-refractivity contribution in [2.45, 2.75) is 37.8 Å². The molecule has 194 valence electrons. The van der Waals surface area contributed by atoms with Crippen LogP contribution >= 0.6 is 23.2 Å². The number of carbonyl (C=O) groups is 1. The Kier molecular flexibility index (Phi) is 6.70. The quantitative estimate of drug-likeness (QED) is 0.345. The fourth-order valence-electron chi connectivity index (χ4n) is 4.69.